The van der Waals surface area contributed by atoms with Crippen molar-refractivity contribution in [1.82, 2.24) is 15.2 Å². The summed E-state index contributed by atoms with van der Waals surface area (Å²) >= 11 is 1.62. The molecule has 0 bridgehead atoms. The molecule has 0 aliphatic carbocycles. The summed E-state index contributed by atoms with van der Waals surface area (Å²) < 4.78 is 0. The summed E-state index contributed by atoms with van der Waals surface area (Å²) in [6, 6.07) is -0.161. The van der Waals surface area contributed by atoms with Gasteiger partial charge in [0.05, 0.1) is 6.04 Å². The SMILES string of the molecule is CCc1cnc(C(C)N2CC(=O)NC(CC)(CC)C2=O)s1. The Hall–Kier alpha value is -1.43. The van der Waals surface area contributed by atoms with E-state index in [0.29, 0.717) is 12.8 Å². The topological polar surface area (TPSA) is 62.3 Å². The minimum absolute atomic E-state index is 0.00727. The number of aryl methyl sites for hydroxylation is 1. The van der Waals surface area contributed by atoms with Crippen molar-refractivity contribution >= 4 is 23.2 Å². The minimum Gasteiger partial charge on any atom is -0.340 e. The molecule has 1 unspecified atom stereocenters. The third-order valence-corrected chi connectivity index (χ3v) is 5.63. The van der Waals surface area contributed by atoms with Crippen molar-refractivity contribution in [3.63, 3.8) is 0 Å². The van der Waals surface area contributed by atoms with Crippen LogP contribution in [0.1, 0.15) is 56.5 Å². The van der Waals surface area contributed by atoms with Crippen LogP contribution in [0.5, 0.6) is 0 Å². The van der Waals surface area contributed by atoms with E-state index >= 15 is 0 Å². The molecule has 1 N–H and O–H groups in total. The Bertz CT molecular complexity index is 537. The van der Waals surface area contributed by atoms with E-state index < -0.39 is 5.54 Å². The van der Waals surface area contributed by atoms with Gasteiger partial charge in [-0.05, 0) is 26.2 Å². The molecule has 2 heterocycles. The first kappa shape index (κ1) is 15.9. The lowest BCUT2D eigenvalue weighted by Gasteiger charge is -2.43. The van der Waals surface area contributed by atoms with Gasteiger partial charge in [-0.2, -0.15) is 0 Å². The molecular weight excluding hydrogens is 286 g/mol. The number of nitrogens with zero attached hydrogens (tertiary/aromatic N) is 2. The Balaban J connectivity index is 2.28. The summed E-state index contributed by atoms with van der Waals surface area (Å²) in [6.07, 6.45) is 4.01. The first-order chi connectivity index (χ1) is 9.97. The monoisotopic (exact) mass is 309 g/mol. The third kappa shape index (κ3) is 2.81. The number of nitrogens with one attached hydrogen (secondary N) is 1. The molecule has 0 aromatic carbocycles. The van der Waals surface area contributed by atoms with E-state index in [1.54, 1.807) is 16.2 Å². The van der Waals surface area contributed by atoms with Gasteiger partial charge in [0.15, 0.2) is 0 Å². The van der Waals surface area contributed by atoms with Crippen molar-refractivity contribution in [2.75, 3.05) is 6.54 Å². The average Bonchev–Trinajstić information content (AvgIpc) is 2.97. The number of hydrogen-bond donors (Lipinski definition) is 1. The molecule has 21 heavy (non-hydrogen) atoms. The van der Waals surface area contributed by atoms with Crippen LogP contribution in [0, 0.1) is 0 Å². The second-order valence-electron chi connectivity index (χ2n) is 5.46. The van der Waals surface area contributed by atoms with Gasteiger partial charge >= 0.3 is 0 Å². The van der Waals surface area contributed by atoms with Gasteiger partial charge in [0.2, 0.25) is 11.8 Å². The van der Waals surface area contributed by atoms with Crippen molar-refractivity contribution in [2.24, 2.45) is 0 Å². The highest BCUT2D eigenvalue weighted by Gasteiger charge is 2.45. The second kappa shape index (κ2) is 6.13. The Morgan fingerprint density at radius 2 is 2.05 bits per heavy atom. The van der Waals surface area contributed by atoms with Crippen molar-refractivity contribution in [3.8, 4) is 0 Å². The van der Waals surface area contributed by atoms with Gasteiger partial charge in [0.1, 0.15) is 17.1 Å². The average molecular weight is 309 g/mol. The maximum Gasteiger partial charge on any atom is 0.249 e. The number of aromatic nitrogens is 1. The summed E-state index contributed by atoms with van der Waals surface area (Å²) in [5.41, 5.74) is -0.756. The number of rotatable bonds is 5. The van der Waals surface area contributed by atoms with E-state index in [1.807, 2.05) is 27.0 Å². The van der Waals surface area contributed by atoms with Gasteiger partial charge < -0.3 is 10.2 Å². The Morgan fingerprint density at radius 3 is 2.57 bits per heavy atom. The molecule has 1 atom stereocenters. The smallest absolute Gasteiger partial charge is 0.249 e. The molecule has 1 aliphatic heterocycles. The zero-order valence-corrected chi connectivity index (χ0v) is 13.9. The molecule has 1 saturated heterocycles. The van der Waals surface area contributed by atoms with Crippen LogP contribution in [0.2, 0.25) is 0 Å². The van der Waals surface area contributed by atoms with E-state index in [4.69, 9.17) is 0 Å². The first-order valence-corrected chi connectivity index (χ1v) is 8.35. The van der Waals surface area contributed by atoms with Crippen molar-refractivity contribution < 1.29 is 9.59 Å². The molecule has 116 valence electrons. The summed E-state index contributed by atoms with van der Waals surface area (Å²) in [4.78, 5) is 32.1. The highest BCUT2D eigenvalue weighted by molar-refractivity contribution is 7.11. The molecule has 1 aromatic rings. The summed E-state index contributed by atoms with van der Waals surface area (Å²) in [7, 11) is 0. The number of amides is 2. The fraction of sp³-hybridized carbons (Fsp3) is 0.667. The first-order valence-electron chi connectivity index (χ1n) is 7.54. The van der Waals surface area contributed by atoms with Gasteiger partial charge in [-0.1, -0.05) is 20.8 Å². The second-order valence-corrected chi connectivity index (χ2v) is 6.61. The van der Waals surface area contributed by atoms with Gasteiger partial charge in [-0.25, -0.2) is 4.98 Å². The highest BCUT2D eigenvalue weighted by Crippen LogP contribution is 2.31. The lowest BCUT2D eigenvalue weighted by molar-refractivity contribution is -0.152. The molecular formula is C15H23N3O2S. The van der Waals surface area contributed by atoms with Crippen LogP contribution >= 0.6 is 11.3 Å². The molecule has 2 rings (SSSR count). The molecule has 0 radical (unpaired) electrons. The van der Waals surface area contributed by atoms with E-state index in [9.17, 15) is 9.59 Å². The predicted molar refractivity (Wildman–Crippen MR) is 83.1 cm³/mol. The van der Waals surface area contributed by atoms with Crippen LogP contribution in [0.15, 0.2) is 6.20 Å². The molecule has 6 heteroatoms. The largest absolute Gasteiger partial charge is 0.340 e. The van der Waals surface area contributed by atoms with E-state index in [-0.39, 0.29) is 24.4 Å². The van der Waals surface area contributed by atoms with Crippen LogP contribution in [0.4, 0.5) is 0 Å². The Morgan fingerprint density at radius 1 is 1.38 bits per heavy atom. The van der Waals surface area contributed by atoms with Crippen LogP contribution in [0.25, 0.3) is 0 Å². The van der Waals surface area contributed by atoms with Gasteiger partial charge in [0.25, 0.3) is 0 Å². The normalized spacial score (nSPS) is 19.5. The Labute approximate surface area is 129 Å². The number of carbonyl (C=O) groups excluding carboxylic acids is 2. The number of thiazole rings is 1. The summed E-state index contributed by atoms with van der Waals surface area (Å²) in [5, 5.41) is 3.78. The fourth-order valence-corrected chi connectivity index (χ4v) is 3.64. The van der Waals surface area contributed by atoms with Crippen molar-refractivity contribution in [3.05, 3.63) is 16.1 Å². The van der Waals surface area contributed by atoms with Crippen molar-refractivity contribution in [1.29, 1.82) is 0 Å². The van der Waals surface area contributed by atoms with Crippen LogP contribution < -0.4 is 5.32 Å². The van der Waals surface area contributed by atoms with Crippen LogP contribution in [-0.2, 0) is 16.0 Å². The Kier molecular flexibility index (Phi) is 4.66. The molecule has 1 fully saturated rings. The zero-order chi connectivity index (χ0) is 15.6. The molecule has 1 aromatic heterocycles. The van der Waals surface area contributed by atoms with E-state index in [1.165, 1.54) is 4.88 Å². The third-order valence-electron chi connectivity index (χ3n) is 4.31. The fourth-order valence-electron chi connectivity index (χ4n) is 2.72. The van der Waals surface area contributed by atoms with E-state index in [0.717, 1.165) is 11.4 Å². The van der Waals surface area contributed by atoms with E-state index in [2.05, 4.69) is 17.2 Å². The maximum absolute atomic E-state index is 12.8. The van der Waals surface area contributed by atoms with Crippen LogP contribution in [-0.4, -0.2) is 33.8 Å². The number of piperazine rings is 1. The number of carbonyl (C=O) groups is 2. The van der Waals surface area contributed by atoms with Crippen LogP contribution in [0.3, 0.4) is 0 Å². The standard InChI is InChI=1S/C15H23N3O2S/c1-5-11-8-16-13(21-11)10(4)18-9-12(19)17-15(6-2,7-3)14(18)20/h8,10H,5-7,9H2,1-4H3,(H,17,19). The van der Waals surface area contributed by atoms with Crippen molar-refractivity contribution in [2.45, 2.75) is 58.5 Å². The molecule has 1 aliphatic rings. The maximum atomic E-state index is 12.8. The van der Waals surface area contributed by atoms with Gasteiger partial charge in [0, 0.05) is 11.1 Å². The zero-order valence-electron chi connectivity index (χ0n) is 13.1. The summed E-state index contributed by atoms with van der Waals surface area (Å²) in [6.45, 7) is 8.02. The molecule has 2 amide bonds. The lowest BCUT2D eigenvalue weighted by Crippen LogP contribution is -2.66. The highest BCUT2D eigenvalue weighted by atomic mass is 32.1. The predicted octanol–water partition coefficient (Wildman–Crippen LogP) is 2.28. The lowest BCUT2D eigenvalue weighted by atomic mass is 9.88. The molecule has 0 saturated carbocycles. The molecule has 5 nitrogen and oxygen atoms in total. The summed E-state index contributed by atoms with van der Waals surface area (Å²) in [5.74, 6) is -0.0785. The van der Waals surface area contributed by atoms with Gasteiger partial charge in [-0.3, -0.25) is 9.59 Å². The molecule has 0 spiro atoms. The van der Waals surface area contributed by atoms with Gasteiger partial charge in [-0.15, -0.1) is 11.3 Å². The minimum atomic E-state index is -0.756. The quantitative estimate of drug-likeness (QED) is 0.907. The number of hydrogen-bond acceptors (Lipinski definition) is 4.